The first-order valence-corrected chi connectivity index (χ1v) is 10.0. The summed E-state index contributed by atoms with van der Waals surface area (Å²) in [7, 11) is 0. The lowest BCUT2D eigenvalue weighted by atomic mass is 10.1. The van der Waals surface area contributed by atoms with Crippen LogP contribution in [0.5, 0.6) is 0 Å². The van der Waals surface area contributed by atoms with Gasteiger partial charge in [-0.15, -0.1) is 0 Å². The Labute approximate surface area is 165 Å². The lowest BCUT2D eigenvalue weighted by molar-refractivity contribution is 0.0717. The number of carbonyl (C=O) groups excluding carboxylic acids is 1. The lowest BCUT2D eigenvalue weighted by Gasteiger charge is -2.26. The van der Waals surface area contributed by atoms with E-state index in [4.69, 9.17) is 4.98 Å². The van der Waals surface area contributed by atoms with Gasteiger partial charge in [-0.05, 0) is 56.9 Å². The van der Waals surface area contributed by atoms with Gasteiger partial charge in [0.05, 0.1) is 11.4 Å². The fourth-order valence-corrected chi connectivity index (χ4v) is 3.85. The summed E-state index contributed by atoms with van der Waals surface area (Å²) in [4.78, 5) is 24.4. The van der Waals surface area contributed by atoms with Gasteiger partial charge in [-0.1, -0.05) is 12.1 Å². The number of nitrogens with zero attached hydrogens (tertiary/aromatic N) is 4. The van der Waals surface area contributed by atoms with Crippen LogP contribution in [0, 0.1) is 13.8 Å². The highest BCUT2D eigenvalue weighted by atomic mass is 16.2. The summed E-state index contributed by atoms with van der Waals surface area (Å²) in [5.41, 5.74) is 5.41. The molecule has 6 heteroatoms. The molecule has 0 aromatic carbocycles. The largest absolute Gasteiger partial charge is 0.337 e. The van der Waals surface area contributed by atoms with Crippen LogP contribution in [0.15, 0.2) is 36.5 Å². The van der Waals surface area contributed by atoms with Crippen LogP contribution in [0.3, 0.4) is 0 Å². The molecule has 0 aliphatic carbocycles. The molecule has 0 unspecified atom stereocenters. The third-order valence-corrected chi connectivity index (χ3v) is 5.33. The average Bonchev–Trinajstić information content (AvgIpc) is 3.08. The molecule has 4 heterocycles. The van der Waals surface area contributed by atoms with E-state index in [-0.39, 0.29) is 5.91 Å². The van der Waals surface area contributed by atoms with Crippen LogP contribution in [-0.4, -0.2) is 38.3 Å². The maximum Gasteiger partial charge on any atom is 0.274 e. The molecule has 3 aromatic heterocycles. The van der Waals surface area contributed by atoms with E-state index in [1.165, 1.54) is 6.42 Å². The second-order valence-electron chi connectivity index (χ2n) is 7.52. The molecule has 1 fully saturated rings. The Morgan fingerprint density at radius 3 is 2.64 bits per heavy atom. The Kier molecular flexibility index (Phi) is 5.39. The summed E-state index contributed by atoms with van der Waals surface area (Å²) in [6, 6.07) is 10.1. The van der Waals surface area contributed by atoms with Crippen LogP contribution in [0.2, 0.25) is 0 Å². The van der Waals surface area contributed by atoms with Crippen molar-refractivity contribution in [3.8, 4) is 0 Å². The Hall–Kier alpha value is -2.73. The van der Waals surface area contributed by atoms with Crippen LogP contribution in [0.25, 0.3) is 5.65 Å². The van der Waals surface area contributed by atoms with Crippen molar-refractivity contribution in [3.63, 3.8) is 0 Å². The smallest absolute Gasteiger partial charge is 0.274 e. The van der Waals surface area contributed by atoms with Crippen LogP contribution in [0.1, 0.15) is 52.4 Å². The quantitative estimate of drug-likeness (QED) is 0.741. The molecule has 1 N–H and O–H groups in total. The maximum atomic E-state index is 13.2. The molecule has 3 aromatic rings. The molecule has 0 saturated carbocycles. The minimum absolute atomic E-state index is 0.0493. The van der Waals surface area contributed by atoms with Crippen molar-refractivity contribution < 1.29 is 4.79 Å². The molecular weight excluding hydrogens is 350 g/mol. The number of pyridine rings is 2. The molecule has 0 spiro atoms. The predicted molar refractivity (Wildman–Crippen MR) is 109 cm³/mol. The van der Waals surface area contributed by atoms with Gasteiger partial charge in [0.25, 0.3) is 5.91 Å². The first-order chi connectivity index (χ1) is 13.6. The van der Waals surface area contributed by atoms with Crippen molar-refractivity contribution in [2.75, 3.05) is 13.1 Å². The van der Waals surface area contributed by atoms with E-state index in [2.05, 4.69) is 10.3 Å². The molecule has 1 saturated heterocycles. The van der Waals surface area contributed by atoms with E-state index in [9.17, 15) is 4.79 Å². The number of aryl methyl sites for hydroxylation is 2. The van der Waals surface area contributed by atoms with Crippen LogP contribution >= 0.6 is 0 Å². The molecule has 1 amide bonds. The Morgan fingerprint density at radius 1 is 1.04 bits per heavy atom. The summed E-state index contributed by atoms with van der Waals surface area (Å²) in [6.07, 6.45) is 5.34. The van der Waals surface area contributed by atoms with E-state index in [0.29, 0.717) is 18.8 Å². The van der Waals surface area contributed by atoms with Gasteiger partial charge in [0.1, 0.15) is 5.65 Å². The molecule has 1 aliphatic heterocycles. The third-order valence-electron chi connectivity index (χ3n) is 5.33. The van der Waals surface area contributed by atoms with E-state index in [1.807, 2.05) is 59.7 Å². The van der Waals surface area contributed by atoms with Gasteiger partial charge in [-0.2, -0.15) is 0 Å². The number of hydrogen-bond acceptors (Lipinski definition) is 4. The molecule has 0 radical (unpaired) electrons. The third kappa shape index (κ3) is 3.78. The topological polar surface area (TPSA) is 62.5 Å². The van der Waals surface area contributed by atoms with E-state index in [0.717, 1.165) is 54.2 Å². The summed E-state index contributed by atoms with van der Waals surface area (Å²) >= 11 is 0. The Morgan fingerprint density at radius 2 is 1.86 bits per heavy atom. The number of imidazole rings is 1. The van der Waals surface area contributed by atoms with Crippen LogP contribution in [-0.2, 0) is 13.1 Å². The second kappa shape index (κ2) is 8.10. The van der Waals surface area contributed by atoms with E-state index >= 15 is 0 Å². The summed E-state index contributed by atoms with van der Waals surface area (Å²) in [6.45, 7) is 6.89. The number of amides is 1. The van der Waals surface area contributed by atoms with Gasteiger partial charge >= 0.3 is 0 Å². The van der Waals surface area contributed by atoms with E-state index in [1.54, 1.807) is 0 Å². The molecule has 28 heavy (non-hydrogen) atoms. The van der Waals surface area contributed by atoms with Gasteiger partial charge in [0.2, 0.25) is 0 Å². The number of nitrogens with one attached hydrogen (secondary N) is 1. The normalized spacial score (nSPS) is 14.6. The molecule has 0 bridgehead atoms. The monoisotopic (exact) mass is 377 g/mol. The number of hydrogen-bond donors (Lipinski definition) is 1. The predicted octanol–water partition coefficient (Wildman–Crippen LogP) is 3.26. The zero-order valence-electron chi connectivity index (χ0n) is 16.6. The van der Waals surface area contributed by atoms with Gasteiger partial charge in [-0.3, -0.25) is 9.78 Å². The van der Waals surface area contributed by atoms with Gasteiger partial charge in [-0.25, -0.2) is 4.98 Å². The fraction of sp³-hybridized carbons (Fsp3) is 0.409. The van der Waals surface area contributed by atoms with Crippen LogP contribution in [0.4, 0.5) is 0 Å². The maximum absolute atomic E-state index is 13.2. The molecule has 0 atom stereocenters. The number of rotatable bonds is 5. The first-order valence-electron chi connectivity index (χ1n) is 10.0. The summed E-state index contributed by atoms with van der Waals surface area (Å²) in [5, 5.41) is 3.45. The molecule has 6 nitrogen and oxygen atoms in total. The van der Waals surface area contributed by atoms with E-state index < -0.39 is 0 Å². The average molecular weight is 377 g/mol. The van der Waals surface area contributed by atoms with Crippen molar-refractivity contribution in [1.82, 2.24) is 24.6 Å². The molecular formula is C22H27N5O. The Balaban J connectivity index is 1.61. The van der Waals surface area contributed by atoms with Crippen molar-refractivity contribution in [3.05, 3.63) is 64.9 Å². The van der Waals surface area contributed by atoms with Crippen molar-refractivity contribution in [2.24, 2.45) is 0 Å². The minimum Gasteiger partial charge on any atom is -0.337 e. The number of piperidine rings is 1. The SMILES string of the molecule is Cc1cccc(CNCc2c(C(=O)N3CCCCC3)nc3c(C)cccn23)n1. The highest BCUT2D eigenvalue weighted by Crippen LogP contribution is 2.20. The molecule has 4 rings (SSSR count). The van der Waals surface area contributed by atoms with Gasteiger partial charge in [0, 0.05) is 38.1 Å². The van der Waals surface area contributed by atoms with Crippen molar-refractivity contribution in [2.45, 2.75) is 46.2 Å². The summed E-state index contributed by atoms with van der Waals surface area (Å²) in [5.74, 6) is 0.0493. The lowest BCUT2D eigenvalue weighted by Crippen LogP contribution is -2.36. The Bertz CT molecular complexity index is 988. The highest BCUT2D eigenvalue weighted by Gasteiger charge is 2.25. The van der Waals surface area contributed by atoms with Crippen LogP contribution < -0.4 is 5.32 Å². The zero-order valence-corrected chi connectivity index (χ0v) is 16.6. The van der Waals surface area contributed by atoms with Gasteiger partial charge in [0.15, 0.2) is 5.69 Å². The molecule has 146 valence electrons. The number of likely N-dealkylation sites (tertiary alicyclic amines) is 1. The zero-order chi connectivity index (χ0) is 19.5. The summed E-state index contributed by atoms with van der Waals surface area (Å²) < 4.78 is 2.04. The first kappa shape index (κ1) is 18.6. The van der Waals surface area contributed by atoms with Gasteiger partial charge < -0.3 is 14.6 Å². The minimum atomic E-state index is 0.0493. The second-order valence-corrected chi connectivity index (χ2v) is 7.52. The number of fused-ring (bicyclic) bond motifs is 1. The molecule has 1 aliphatic rings. The van der Waals surface area contributed by atoms with Crippen molar-refractivity contribution in [1.29, 1.82) is 0 Å². The standard InChI is InChI=1S/C22H27N5O/c1-16-8-7-13-27-19(15-23-14-18-10-6-9-17(2)24-18)20(25-21(16)27)22(28)26-11-4-3-5-12-26/h6-10,13,23H,3-5,11-12,14-15H2,1-2H3. The number of carbonyl (C=O) groups is 1. The number of aromatic nitrogens is 3. The highest BCUT2D eigenvalue weighted by molar-refractivity contribution is 5.94. The fourth-order valence-electron chi connectivity index (χ4n) is 3.85. The van der Waals surface area contributed by atoms with Crippen molar-refractivity contribution >= 4 is 11.6 Å².